The third-order valence-corrected chi connectivity index (χ3v) is 2.63. The number of rotatable bonds is 4. The van der Waals surface area contributed by atoms with Gasteiger partial charge in [-0.25, -0.2) is 9.59 Å². The molecule has 2 atom stereocenters. The Balaban J connectivity index is 1.67. The van der Waals surface area contributed by atoms with Gasteiger partial charge in [-0.3, -0.25) is 0 Å². The Kier molecular flexibility index (Phi) is 4.35. The van der Waals surface area contributed by atoms with Gasteiger partial charge in [0, 0.05) is 6.42 Å². The number of carbonyl (C=O) groups excluding carboxylic acids is 2. The molecule has 0 saturated carbocycles. The van der Waals surface area contributed by atoms with E-state index in [1.165, 1.54) is 0 Å². The highest BCUT2D eigenvalue weighted by Crippen LogP contribution is 2.15. The number of hydrogen-bond acceptors (Lipinski definition) is 6. The standard InChI is InChI=1S/C13H14O6/c14-11-6-10(19-12(11)15)8-18-13(16)17-7-9-4-2-1-3-5-9/h1-5,10-11,14H,6-8H2/t10-,11-/m0/s1. The van der Waals surface area contributed by atoms with E-state index in [2.05, 4.69) is 0 Å². The summed E-state index contributed by atoms with van der Waals surface area (Å²) < 4.78 is 14.4. The molecule has 1 aliphatic rings. The summed E-state index contributed by atoms with van der Waals surface area (Å²) in [7, 11) is 0. The molecular weight excluding hydrogens is 252 g/mol. The third kappa shape index (κ3) is 3.96. The molecule has 0 aromatic heterocycles. The predicted octanol–water partition coefficient (Wildman–Crippen LogP) is 1.02. The minimum Gasteiger partial charge on any atom is -0.457 e. The van der Waals surface area contributed by atoms with Crippen molar-refractivity contribution in [3.63, 3.8) is 0 Å². The van der Waals surface area contributed by atoms with Gasteiger partial charge in [-0.1, -0.05) is 30.3 Å². The van der Waals surface area contributed by atoms with Crippen molar-refractivity contribution in [3.05, 3.63) is 35.9 Å². The molecule has 0 spiro atoms. The number of ether oxygens (including phenoxy) is 3. The third-order valence-electron chi connectivity index (χ3n) is 2.63. The van der Waals surface area contributed by atoms with Gasteiger partial charge in [0.25, 0.3) is 0 Å². The lowest BCUT2D eigenvalue weighted by Gasteiger charge is -2.10. The number of aliphatic hydroxyl groups excluding tert-OH is 1. The molecule has 1 aromatic rings. The zero-order chi connectivity index (χ0) is 13.7. The molecule has 0 aliphatic carbocycles. The molecule has 1 aliphatic heterocycles. The first kappa shape index (κ1) is 13.4. The van der Waals surface area contributed by atoms with Gasteiger partial charge >= 0.3 is 12.1 Å². The van der Waals surface area contributed by atoms with Crippen LogP contribution in [0.15, 0.2) is 30.3 Å². The van der Waals surface area contributed by atoms with Crippen molar-refractivity contribution >= 4 is 12.1 Å². The molecule has 1 fully saturated rings. The van der Waals surface area contributed by atoms with Gasteiger partial charge in [-0.15, -0.1) is 0 Å². The number of hydrogen-bond donors (Lipinski definition) is 1. The van der Waals surface area contributed by atoms with Gasteiger partial charge in [-0.05, 0) is 5.56 Å². The molecule has 0 radical (unpaired) electrons. The average Bonchev–Trinajstić information content (AvgIpc) is 2.74. The van der Waals surface area contributed by atoms with E-state index in [-0.39, 0.29) is 19.6 Å². The Morgan fingerprint density at radius 3 is 2.68 bits per heavy atom. The van der Waals surface area contributed by atoms with Crippen molar-refractivity contribution in [2.24, 2.45) is 0 Å². The van der Waals surface area contributed by atoms with Crippen LogP contribution in [0.1, 0.15) is 12.0 Å². The van der Waals surface area contributed by atoms with Crippen molar-refractivity contribution in [2.75, 3.05) is 6.61 Å². The van der Waals surface area contributed by atoms with Crippen LogP contribution in [-0.4, -0.2) is 36.0 Å². The summed E-state index contributed by atoms with van der Waals surface area (Å²) >= 11 is 0. The predicted molar refractivity (Wildman–Crippen MR) is 63.1 cm³/mol. The second-order valence-electron chi connectivity index (χ2n) is 4.15. The van der Waals surface area contributed by atoms with Crippen molar-refractivity contribution in [1.29, 1.82) is 0 Å². The van der Waals surface area contributed by atoms with Crippen molar-refractivity contribution < 1.29 is 28.9 Å². The maximum absolute atomic E-state index is 11.3. The molecule has 6 heteroatoms. The lowest BCUT2D eigenvalue weighted by molar-refractivity contribution is -0.148. The Hall–Kier alpha value is -2.08. The van der Waals surface area contributed by atoms with Crippen molar-refractivity contribution in [2.45, 2.75) is 25.2 Å². The fourth-order valence-corrected chi connectivity index (χ4v) is 1.66. The van der Waals surface area contributed by atoms with Gasteiger partial charge in [0.05, 0.1) is 0 Å². The van der Waals surface area contributed by atoms with Gasteiger partial charge in [-0.2, -0.15) is 0 Å². The first-order valence-electron chi connectivity index (χ1n) is 5.87. The van der Waals surface area contributed by atoms with E-state index in [1.807, 2.05) is 30.3 Å². The molecule has 0 amide bonds. The molecule has 0 bridgehead atoms. The summed E-state index contributed by atoms with van der Waals surface area (Å²) in [4.78, 5) is 22.2. The topological polar surface area (TPSA) is 82.1 Å². The number of cyclic esters (lactones) is 1. The highest BCUT2D eigenvalue weighted by Gasteiger charge is 2.33. The highest BCUT2D eigenvalue weighted by molar-refractivity contribution is 5.76. The lowest BCUT2D eigenvalue weighted by atomic mass is 10.2. The second kappa shape index (κ2) is 6.19. The summed E-state index contributed by atoms with van der Waals surface area (Å²) in [5.41, 5.74) is 0.849. The molecule has 1 heterocycles. The van der Waals surface area contributed by atoms with Gasteiger partial charge in [0.2, 0.25) is 0 Å². The minimum atomic E-state index is -1.13. The zero-order valence-corrected chi connectivity index (χ0v) is 10.2. The molecule has 1 aromatic carbocycles. The maximum Gasteiger partial charge on any atom is 0.508 e. The second-order valence-corrected chi connectivity index (χ2v) is 4.15. The van der Waals surface area contributed by atoms with Gasteiger partial charge in [0.1, 0.15) is 19.3 Å². The summed E-state index contributed by atoms with van der Waals surface area (Å²) in [6, 6.07) is 9.18. The summed E-state index contributed by atoms with van der Waals surface area (Å²) in [6.45, 7) is 0.00315. The fraction of sp³-hybridized carbons (Fsp3) is 0.385. The molecule has 0 unspecified atom stereocenters. The average molecular weight is 266 g/mol. The Bertz CT molecular complexity index is 444. The molecular formula is C13H14O6. The van der Waals surface area contributed by atoms with E-state index in [0.29, 0.717) is 0 Å². The number of aliphatic hydroxyl groups is 1. The fourth-order valence-electron chi connectivity index (χ4n) is 1.66. The van der Waals surface area contributed by atoms with E-state index in [0.717, 1.165) is 5.56 Å². The van der Waals surface area contributed by atoms with Crippen molar-refractivity contribution in [3.8, 4) is 0 Å². The Morgan fingerprint density at radius 2 is 2.05 bits per heavy atom. The lowest BCUT2D eigenvalue weighted by Crippen LogP contribution is -2.19. The Labute approximate surface area is 109 Å². The molecule has 6 nitrogen and oxygen atoms in total. The SMILES string of the molecule is O=C(OCc1ccccc1)OC[C@@H]1C[C@H](O)C(=O)O1. The van der Waals surface area contributed by atoms with Crippen molar-refractivity contribution in [1.82, 2.24) is 0 Å². The Morgan fingerprint density at radius 1 is 1.32 bits per heavy atom. The van der Waals surface area contributed by atoms with E-state index in [9.17, 15) is 9.59 Å². The van der Waals surface area contributed by atoms with Crippen LogP contribution >= 0.6 is 0 Å². The van der Waals surface area contributed by atoms with E-state index in [4.69, 9.17) is 19.3 Å². The van der Waals surface area contributed by atoms with E-state index >= 15 is 0 Å². The first-order valence-corrected chi connectivity index (χ1v) is 5.87. The van der Waals surface area contributed by atoms with E-state index < -0.39 is 24.3 Å². The smallest absolute Gasteiger partial charge is 0.457 e. The summed E-state index contributed by atoms with van der Waals surface area (Å²) in [5, 5.41) is 9.14. The van der Waals surface area contributed by atoms with Crippen LogP contribution in [0.5, 0.6) is 0 Å². The minimum absolute atomic E-state index is 0.115. The normalized spacial score (nSPS) is 21.8. The molecule has 1 N–H and O–H groups in total. The largest absolute Gasteiger partial charge is 0.508 e. The summed E-state index contributed by atoms with van der Waals surface area (Å²) in [5.74, 6) is -0.689. The summed E-state index contributed by atoms with van der Waals surface area (Å²) in [6.07, 6.45) is -2.44. The monoisotopic (exact) mass is 266 g/mol. The van der Waals surface area contributed by atoms with Crippen LogP contribution in [0.2, 0.25) is 0 Å². The van der Waals surface area contributed by atoms with Crippen LogP contribution in [0, 0.1) is 0 Å². The zero-order valence-electron chi connectivity index (χ0n) is 10.2. The van der Waals surface area contributed by atoms with E-state index in [1.54, 1.807) is 0 Å². The maximum atomic E-state index is 11.3. The highest BCUT2D eigenvalue weighted by atomic mass is 16.7. The molecule has 102 valence electrons. The van der Waals surface area contributed by atoms with Gasteiger partial charge in [0.15, 0.2) is 6.10 Å². The van der Waals surface area contributed by atoms with Gasteiger partial charge < -0.3 is 19.3 Å². The molecule has 2 rings (SSSR count). The quantitative estimate of drug-likeness (QED) is 0.819. The molecule has 19 heavy (non-hydrogen) atoms. The van der Waals surface area contributed by atoms with Crippen LogP contribution in [0.3, 0.4) is 0 Å². The van der Waals surface area contributed by atoms with Crippen LogP contribution in [0.4, 0.5) is 4.79 Å². The molecule has 1 saturated heterocycles. The number of esters is 1. The van der Waals surface area contributed by atoms with Crippen LogP contribution in [-0.2, 0) is 25.6 Å². The first-order chi connectivity index (χ1) is 9.15. The van der Waals surface area contributed by atoms with Crippen LogP contribution < -0.4 is 0 Å². The van der Waals surface area contributed by atoms with Crippen LogP contribution in [0.25, 0.3) is 0 Å². The number of carbonyl (C=O) groups is 2. The number of benzene rings is 1.